The molecule has 15 heavy (non-hydrogen) atoms. The molecular formula is C12H10N2O. The second kappa shape index (κ2) is 2.83. The summed E-state index contributed by atoms with van der Waals surface area (Å²) in [5.74, 6) is 0.0460. The average Bonchev–Trinajstić information content (AvgIpc) is 3.04. The van der Waals surface area contributed by atoms with Gasteiger partial charge < -0.3 is 4.90 Å². The average molecular weight is 198 g/mol. The van der Waals surface area contributed by atoms with Crippen LogP contribution in [0.5, 0.6) is 0 Å². The molecule has 0 radical (unpaired) electrons. The van der Waals surface area contributed by atoms with E-state index in [2.05, 4.69) is 6.07 Å². The van der Waals surface area contributed by atoms with Gasteiger partial charge in [-0.1, -0.05) is 12.1 Å². The first-order chi connectivity index (χ1) is 7.31. The van der Waals surface area contributed by atoms with Gasteiger partial charge >= 0.3 is 0 Å². The molecule has 2 aliphatic rings. The monoisotopic (exact) mass is 198 g/mol. The number of amides is 1. The molecule has 0 unspecified atom stereocenters. The molecule has 3 rings (SSSR count). The summed E-state index contributed by atoms with van der Waals surface area (Å²) >= 11 is 0. The van der Waals surface area contributed by atoms with Gasteiger partial charge in [-0.15, -0.1) is 0 Å². The molecule has 1 amide bonds. The molecule has 0 spiro atoms. The number of rotatable bonds is 1. The molecule has 0 bridgehead atoms. The first-order valence-electron chi connectivity index (χ1n) is 5.14. The molecule has 3 nitrogen and oxygen atoms in total. The second-order valence-electron chi connectivity index (χ2n) is 4.12. The summed E-state index contributed by atoms with van der Waals surface area (Å²) in [7, 11) is 0. The van der Waals surface area contributed by atoms with E-state index in [1.807, 2.05) is 17.0 Å². The Morgan fingerprint density at radius 1 is 1.40 bits per heavy atom. The Balaban J connectivity index is 2.09. The summed E-state index contributed by atoms with van der Waals surface area (Å²) in [6.45, 7) is 0.689. The van der Waals surface area contributed by atoms with Crippen molar-refractivity contribution in [2.75, 3.05) is 0 Å². The van der Waals surface area contributed by atoms with Crippen LogP contribution < -0.4 is 0 Å². The van der Waals surface area contributed by atoms with Gasteiger partial charge in [-0.05, 0) is 24.5 Å². The maximum Gasteiger partial charge on any atom is 0.256 e. The van der Waals surface area contributed by atoms with E-state index in [0.717, 1.165) is 18.4 Å². The standard InChI is InChI=1S/C12H10N2O/c13-6-8-2-1-3-9-7-14(10-4-5-10)12(15)11(8)9/h1-3,10H,4-5,7H2. The van der Waals surface area contributed by atoms with Gasteiger partial charge in [0.15, 0.2) is 0 Å². The number of hydrogen-bond donors (Lipinski definition) is 0. The summed E-state index contributed by atoms with van der Waals surface area (Å²) < 4.78 is 0. The summed E-state index contributed by atoms with van der Waals surface area (Å²) in [5.41, 5.74) is 2.15. The predicted octanol–water partition coefficient (Wildman–Crippen LogP) is 1.68. The highest BCUT2D eigenvalue weighted by molar-refractivity contribution is 6.01. The van der Waals surface area contributed by atoms with Crippen LogP contribution >= 0.6 is 0 Å². The van der Waals surface area contributed by atoms with E-state index in [4.69, 9.17) is 5.26 Å². The van der Waals surface area contributed by atoms with Crippen molar-refractivity contribution in [3.05, 3.63) is 34.9 Å². The molecule has 0 aromatic heterocycles. The number of carbonyl (C=O) groups excluding carboxylic acids is 1. The van der Waals surface area contributed by atoms with E-state index >= 15 is 0 Å². The van der Waals surface area contributed by atoms with Gasteiger partial charge in [0.2, 0.25) is 0 Å². The van der Waals surface area contributed by atoms with Crippen molar-refractivity contribution in [3.8, 4) is 6.07 Å². The fourth-order valence-electron chi connectivity index (χ4n) is 2.16. The highest BCUT2D eigenvalue weighted by Crippen LogP contribution is 2.35. The van der Waals surface area contributed by atoms with Crippen LogP contribution in [0.1, 0.15) is 34.3 Å². The first kappa shape index (κ1) is 8.49. The van der Waals surface area contributed by atoms with Crippen LogP contribution in [-0.4, -0.2) is 16.8 Å². The maximum atomic E-state index is 12.0. The molecular weight excluding hydrogens is 188 g/mol. The van der Waals surface area contributed by atoms with E-state index in [0.29, 0.717) is 23.7 Å². The molecule has 1 aromatic carbocycles. The lowest BCUT2D eigenvalue weighted by atomic mass is 10.0. The van der Waals surface area contributed by atoms with Gasteiger partial charge in [0.05, 0.1) is 17.2 Å². The lowest BCUT2D eigenvalue weighted by molar-refractivity contribution is 0.0766. The van der Waals surface area contributed by atoms with Crippen LogP contribution in [0.3, 0.4) is 0 Å². The molecule has 1 aliphatic carbocycles. The minimum absolute atomic E-state index is 0.0460. The van der Waals surface area contributed by atoms with Crippen LogP contribution in [0.15, 0.2) is 18.2 Å². The Bertz CT molecular complexity index is 483. The third kappa shape index (κ3) is 1.15. The van der Waals surface area contributed by atoms with Gasteiger partial charge in [-0.2, -0.15) is 5.26 Å². The normalized spacial score (nSPS) is 18.9. The summed E-state index contributed by atoms with van der Waals surface area (Å²) in [5, 5.41) is 8.94. The zero-order chi connectivity index (χ0) is 10.4. The van der Waals surface area contributed by atoms with E-state index in [1.54, 1.807) is 6.07 Å². The van der Waals surface area contributed by atoms with Gasteiger partial charge in [0, 0.05) is 12.6 Å². The summed E-state index contributed by atoms with van der Waals surface area (Å²) in [6.07, 6.45) is 2.23. The number of hydrogen-bond acceptors (Lipinski definition) is 2. The van der Waals surface area contributed by atoms with Gasteiger partial charge in [0.25, 0.3) is 5.91 Å². The third-order valence-electron chi connectivity index (χ3n) is 3.07. The minimum Gasteiger partial charge on any atom is -0.331 e. The fourth-order valence-corrected chi connectivity index (χ4v) is 2.16. The SMILES string of the molecule is N#Cc1cccc2c1C(=O)N(C1CC1)C2. The van der Waals surface area contributed by atoms with Crippen molar-refractivity contribution in [1.29, 1.82) is 5.26 Å². The maximum absolute atomic E-state index is 12.0. The first-order valence-corrected chi connectivity index (χ1v) is 5.14. The number of fused-ring (bicyclic) bond motifs is 1. The van der Waals surface area contributed by atoms with Crippen molar-refractivity contribution < 1.29 is 4.79 Å². The molecule has 3 heteroatoms. The summed E-state index contributed by atoms with van der Waals surface area (Å²) in [6, 6.07) is 8.02. The molecule has 0 N–H and O–H groups in total. The van der Waals surface area contributed by atoms with Crippen molar-refractivity contribution in [2.24, 2.45) is 0 Å². The van der Waals surface area contributed by atoms with Gasteiger partial charge in [-0.25, -0.2) is 0 Å². The van der Waals surface area contributed by atoms with Crippen molar-refractivity contribution in [1.82, 2.24) is 4.90 Å². The zero-order valence-electron chi connectivity index (χ0n) is 8.23. The highest BCUT2D eigenvalue weighted by Gasteiger charge is 2.39. The van der Waals surface area contributed by atoms with Crippen LogP contribution in [0, 0.1) is 11.3 Å². The molecule has 1 aliphatic heterocycles. The largest absolute Gasteiger partial charge is 0.331 e. The summed E-state index contributed by atoms with van der Waals surface area (Å²) in [4.78, 5) is 13.9. The van der Waals surface area contributed by atoms with E-state index in [1.165, 1.54) is 0 Å². The second-order valence-corrected chi connectivity index (χ2v) is 4.12. The van der Waals surface area contributed by atoms with Crippen molar-refractivity contribution in [2.45, 2.75) is 25.4 Å². The van der Waals surface area contributed by atoms with E-state index < -0.39 is 0 Å². The van der Waals surface area contributed by atoms with Crippen molar-refractivity contribution in [3.63, 3.8) is 0 Å². The molecule has 0 atom stereocenters. The van der Waals surface area contributed by atoms with Crippen LogP contribution in [0.25, 0.3) is 0 Å². The number of carbonyl (C=O) groups is 1. The Hall–Kier alpha value is -1.82. The topological polar surface area (TPSA) is 44.1 Å². The number of nitriles is 1. The molecule has 1 saturated carbocycles. The Labute approximate surface area is 87.9 Å². The quantitative estimate of drug-likeness (QED) is 0.689. The van der Waals surface area contributed by atoms with Gasteiger partial charge in [-0.3, -0.25) is 4.79 Å². The zero-order valence-corrected chi connectivity index (χ0v) is 8.23. The van der Waals surface area contributed by atoms with E-state index in [-0.39, 0.29) is 5.91 Å². The molecule has 74 valence electrons. The molecule has 0 saturated heterocycles. The van der Waals surface area contributed by atoms with Crippen LogP contribution in [0.2, 0.25) is 0 Å². The lowest BCUT2D eigenvalue weighted by Crippen LogP contribution is -2.26. The van der Waals surface area contributed by atoms with Crippen molar-refractivity contribution >= 4 is 5.91 Å². The lowest BCUT2D eigenvalue weighted by Gasteiger charge is -2.13. The third-order valence-corrected chi connectivity index (χ3v) is 3.07. The minimum atomic E-state index is 0.0460. The fraction of sp³-hybridized carbons (Fsp3) is 0.333. The van der Waals surface area contributed by atoms with Gasteiger partial charge in [0.1, 0.15) is 0 Å². The highest BCUT2D eigenvalue weighted by atomic mass is 16.2. The number of nitrogens with zero attached hydrogens (tertiary/aromatic N) is 2. The Morgan fingerprint density at radius 2 is 2.20 bits per heavy atom. The van der Waals surface area contributed by atoms with Crippen LogP contribution in [-0.2, 0) is 6.54 Å². The van der Waals surface area contributed by atoms with E-state index in [9.17, 15) is 4.79 Å². The Kier molecular flexibility index (Phi) is 1.60. The molecule has 1 fully saturated rings. The Morgan fingerprint density at radius 3 is 2.87 bits per heavy atom. The molecule has 1 aromatic rings. The molecule has 1 heterocycles. The smallest absolute Gasteiger partial charge is 0.256 e. The predicted molar refractivity (Wildman–Crippen MR) is 54.1 cm³/mol. The number of benzene rings is 1. The van der Waals surface area contributed by atoms with Crippen LogP contribution in [0.4, 0.5) is 0 Å².